The Hall–Kier alpha value is -3.17. The van der Waals surface area contributed by atoms with Gasteiger partial charge in [-0.2, -0.15) is 0 Å². The van der Waals surface area contributed by atoms with Crippen molar-refractivity contribution in [1.82, 2.24) is 9.80 Å². The Morgan fingerprint density at radius 1 is 0.682 bits per heavy atom. The van der Waals surface area contributed by atoms with Crippen molar-refractivity contribution in [3.05, 3.63) is 71.8 Å². The molecule has 106 valence electrons. The fourth-order valence-electron chi connectivity index (χ4n) is 2.05. The van der Waals surface area contributed by atoms with Gasteiger partial charge in [0.15, 0.2) is 0 Å². The van der Waals surface area contributed by atoms with Gasteiger partial charge in [-0.1, -0.05) is 36.4 Å². The van der Waals surface area contributed by atoms with Crippen molar-refractivity contribution in [2.45, 2.75) is 0 Å². The van der Waals surface area contributed by atoms with Crippen molar-refractivity contribution < 1.29 is 4.79 Å². The van der Waals surface area contributed by atoms with Crippen molar-refractivity contribution in [2.75, 3.05) is 13.1 Å². The summed E-state index contributed by atoms with van der Waals surface area (Å²) in [6.45, 7) is 1.14. The highest BCUT2D eigenvalue weighted by molar-refractivity contribution is 5.80. The van der Waals surface area contributed by atoms with E-state index in [0.717, 1.165) is 11.1 Å². The average molecular weight is 286 g/mol. The Labute approximate surface area is 130 Å². The summed E-state index contributed by atoms with van der Waals surface area (Å²) in [4.78, 5) is 15.2. The van der Waals surface area contributed by atoms with Crippen LogP contribution < -0.4 is 0 Å². The second-order valence-corrected chi connectivity index (χ2v) is 4.79. The summed E-state index contributed by atoms with van der Waals surface area (Å²) in [5, 5.41) is 0. The lowest BCUT2D eigenvalue weighted by Gasteiger charge is -2.06. The third-order valence-corrected chi connectivity index (χ3v) is 3.23. The van der Waals surface area contributed by atoms with E-state index in [1.54, 1.807) is 0 Å². The molecule has 0 spiro atoms. The van der Waals surface area contributed by atoms with Gasteiger partial charge in [0.1, 0.15) is 0 Å². The van der Waals surface area contributed by atoms with Crippen LogP contribution in [0.3, 0.4) is 0 Å². The summed E-state index contributed by atoms with van der Waals surface area (Å²) in [5.74, 6) is 5.98. The molecule has 2 amide bonds. The molecular formula is C19H14N2O. The van der Waals surface area contributed by atoms with Crippen molar-refractivity contribution in [3.8, 4) is 23.9 Å². The van der Waals surface area contributed by atoms with Crippen LogP contribution >= 0.6 is 0 Å². The summed E-state index contributed by atoms with van der Waals surface area (Å²) in [7, 11) is 0. The number of rotatable bonds is 0. The maximum atomic E-state index is 12.2. The van der Waals surface area contributed by atoms with Gasteiger partial charge in [-0.3, -0.25) is 9.80 Å². The summed E-state index contributed by atoms with van der Waals surface area (Å²) in [6, 6.07) is 24.9. The molecule has 0 atom stereocenters. The smallest absolute Gasteiger partial charge is 0.250 e. The molecule has 1 aliphatic rings. The molecule has 0 aliphatic carbocycles. The maximum absolute atomic E-state index is 12.2. The molecule has 3 rings (SSSR count). The standard InChI is InChI=1S/C19H14N2O/c22-19-20(13-11-17-7-3-1-4-8-17)15-16-21(19)14-12-18-9-5-2-6-10-18/h1-10H,15-16H2. The van der Waals surface area contributed by atoms with Gasteiger partial charge >= 0.3 is 6.03 Å². The molecule has 2 aromatic carbocycles. The second-order valence-electron chi connectivity index (χ2n) is 4.79. The maximum Gasteiger partial charge on any atom is 0.343 e. The Kier molecular flexibility index (Phi) is 4.09. The fraction of sp³-hybridized carbons (Fsp3) is 0.105. The Balaban J connectivity index is 1.68. The lowest BCUT2D eigenvalue weighted by atomic mass is 10.2. The number of hydrogen-bond acceptors (Lipinski definition) is 1. The van der Waals surface area contributed by atoms with Crippen LogP contribution in [-0.2, 0) is 0 Å². The van der Waals surface area contributed by atoms with E-state index in [4.69, 9.17) is 0 Å². The molecule has 22 heavy (non-hydrogen) atoms. The van der Waals surface area contributed by atoms with Gasteiger partial charge in [-0.25, -0.2) is 4.79 Å². The highest BCUT2D eigenvalue weighted by Gasteiger charge is 2.26. The summed E-state index contributed by atoms with van der Waals surface area (Å²) in [5.41, 5.74) is 1.79. The lowest BCUT2D eigenvalue weighted by molar-refractivity contribution is 0.217. The number of amides is 2. The molecule has 3 nitrogen and oxygen atoms in total. The zero-order valence-electron chi connectivity index (χ0n) is 12.0. The third kappa shape index (κ3) is 3.29. The minimum absolute atomic E-state index is 0.160. The summed E-state index contributed by atoms with van der Waals surface area (Å²) in [6.07, 6.45) is 0. The van der Waals surface area contributed by atoms with Gasteiger partial charge in [0, 0.05) is 23.2 Å². The minimum atomic E-state index is -0.160. The molecule has 3 heteroatoms. The molecule has 1 saturated heterocycles. The quantitative estimate of drug-likeness (QED) is 0.683. The van der Waals surface area contributed by atoms with E-state index in [2.05, 4.69) is 23.9 Å². The van der Waals surface area contributed by atoms with Gasteiger partial charge in [-0.05, 0) is 36.1 Å². The van der Waals surface area contributed by atoms with Crippen LogP contribution in [0.2, 0.25) is 0 Å². The Morgan fingerprint density at radius 3 is 1.50 bits per heavy atom. The molecule has 1 fully saturated rings. The molecule has 0 aromatic heterocycles. The predicted octanol–water partition coefficient (Wildman–Crippen LogP) is 2.74. The Morgan fingerprint density at radius 2 is 1.09 bits per heavy atom. The third-order valence-electron chi connectivity index (χ3n) is 3.23. The van der Waals surface area contributed by atoms with Crippen molar-refractivity contribution in [1.29, 1.82) is 0 Å². The number of urea groups is 1. The number of benzene rings is 2. The van der Waals surface area contributed by atoms with Crippen molar-refractivity contribution in [3.63, 3.8) is 0 Å². The van der Waals surface area contributed by atoms with Crippen LogP contribution in [0.4, 0.5) is 4.79 Å². The van der Waals surface area contributed by atoms with Crippen LogP contribution in [0.5, 0.6) is 0 Å². The number of carbonyl (C=O) groups excluding carboxylic acids is 1. The molecule has 2 aromatic rings. The number of hydrogen-bond donors (Lipinski definition) is 0. The predicted molar refractivity (Wildman–Crippen MR) is 85.4 cm³/mol. The van der Waals surface area contributed by atoms with E-state index in [9.17, 15) is 4.79 Å². The van der Waals surface area contributed by atoms with Gasteiger partial charge in [0.25, 0.3) is 0 Å². The van der Waals surface area contributed by atoms with E-state index in [0.29, 0.717) is 13.1 Å². The highest BCUT2D eigenvalue weighted by Crippen LogP contribution is 2.07. The normalized spacial score (nSPS) is 13.2. The van der Waals surface area contributed by atoms with Crippen LogP contribution in [0.1, 0.15) is 11.1 Å². The molecule has 0 saturated carbocycles. The van der Waals surface area contributed by atoms with Crippen LogP contribution in [0, 0.1) is 23.9 Å². The molecule has 0 unspecified atom stereocenters. The van der Waals surface area contributed by atoms with Gasteiger partial charge in [-0.15, -0.1) is 0 Å². The molecule has 0 N–H and O–H groups in total. The molecule has 1 heterocycles. The first-order valence-corrected chi connectivity index (χ1v) is 7.05. The molecule has 0 bridgehead atoms. The molecule has 1 aliphatic heterocycles. The van der Waals surface area contributed by atoms with Crippen molar-refractivity contribution in [2.24, 2.45) is 0 Å². The molecular weight excluding hydrogens is 272 g/mol. The first kappa shape index (κ1) is 13.8. The van der Waals surface area contributed by atoms with E-state index in [-0.39, 0.29) is 6.03 Å². The first-order chi connectivity index (χ1) is 10.8. The zero-order valence-corrected chi connectivity index (χ0v) is 12.0. The van der Waals surface area contributed by atoms with Crippen molar-refractivity contribution >= 4 is 6.03 Å². The monoisotopic (exact) mass is 286 g/mol. The van der Waals surface area contributed by atoms with Gasteiger partial charge in [0.2, 0.25) is 0 Å². The van der Waals surface area contributed by atoms with E-state index >= 15 is 0 Å². The van der Waals surface area contributed by atoms with Crippen LogP contribution in [-0.4, -0.2) is 28.9 Å². The van der Waals surface area contributed by atoms with Gasteiger partial charge < -0.3 is 0 Å². The fourth-order valence-corrected chi connectivity index (χ4v) is 2.05. The number of carbonyl (C=O) groups is 1. The SMILES string of the molecule is O=C1N(C#Cc2ccccc2)CCN1C#Cc1ccccc1. The first-order valence-electron chi connectivity index (χ1n) is 7.05. The second kappa shape index (κ2) is 6.52. The summed E-state index contributed by atoms with van der Waals surface area (Å²) < 4.78 is 0. The van der Waals surface area contributed by atoms with E-state index in [1.165, 1.54) is 9.80 Å². The topological polar surface area (TPSA) is 23.6 Å². The highest BCUT2D eigenvalue weighted by atomic mass is 16.2. The molecule has 0 radical (unpaired) electrons. The van der Waals surface area contributed by atoms with E-state index in [1.807, 2.05) is 60.7 Å². The van der Waals surface area contributed by atoms with Gasteiger partial charge in [0.05, 0.1) is 13.1 Å². The Bertz CT molecular complexity index is 709. The lowest BCUT2D eigenvalue weighted by Crippen LogP contribution is -2.25. The minimum Gasteiger partial charge on any atom is -0.250 e. The number of nitrogens with zero attached hydrogens (tertiary/aromatic N) is 2. The summed E-state index contributed by atoms with van der Waals surface area (Å²) >= 11 is 0. The largest absolute Gasteiger partial charge is 0.343 e. The average Bonchev–Trinajstić information content (AvgIpc) is 2.93. The zero-order chi connectivity index (χ0) is 15.2. The van der Waals surface area contributed by atoms with Crippen LogP contribution in [0.15, 0.2) is 60.7 Å². The van der Waals surface area contributed by atoms with Crippen LogP contribution in [0.25, 0.3) is 0 Å². The van der Waals surface area contributed by atoms with E-state index < -0.39 is 0 Å².